The maximum absolute atomic E-state index is 14.3. The van der Waals surface area contributed by atoms with Crippen LogP contribution in [0.25, 0.3) is 10.9 Å². The van der Waals surface area contributed by atoms with Gasteiger partial charge in [0, 0.05) is 11.9 Å². The minimum Gasteiger partial charge on any atom is -0.469 e. The van der Waals surface area contributed by atoms with Crippen molar-refractivity contribution in [3.63, 3.8) is 0 Å². The van der Waals surface area contributed by atoms with Crippen molar-refractivity contribution in [1.29, 1.82) is 0 Å². The highest BCUT2D eigenvalue weighted by atomic mass is 32.2. The van der Waals surface area contributed by atoms with Gasteiger partial charge in [0.15, 0.2) is 0 Å². The van der Waals surface area contributed by atoms with E-state index in [1.807, 2.05) is 0 Å². The number of rotatable bonds is 8. The third kappa shape index (κ3) is 6.08. The van der Waals surface area contributed by atoms with Crippen LogP contribution in [0.2, 0.25) is 0 Å². The number of nitrogens with zero attached hydrogens (tertiary/aromatic N) is 2. The minimum atomic E-state index is -4.31. The number of fused-ring (bicyclic) bond motifs is 3. The molecular formula is C29H34N2O9S2. The molecule has 4 rings (SSSR count). The second-order valence-corrected chi connectivity index (χ2v) is 14.3. The highest BCUT2D eigenvalue weighted by Gasteiger charge is 2.49. The molecule has 11 nitrogen and oxygen atoms in total. The molecule has 0 N–H and O–H groups in total. The molecule has 0 saturated carbocycles. The second kappa shape index (κ2) is 11.5. The molecule has 226 valence electrons. The van der Waals surface area contributed by atoms with Crippen molar-refractivity contribution in [2.75, 3.05) is 19.9 Å². The van der Waals surface area contributed by atoms with Crippen molar-refractivity contribution >= 4 is 43.1 Å². The van der Waals surface area contributed by atoms with E-state index in [-0.39, 0.29) is 23.6 Å². The van der Waals surface area contributed by atoms with Crippen LogP contribution in [-0.4, -0.2) is 69.4 Å². The summed E-state index contributed by atoms with van der Waals surface area (Å²) < 4.78 is 70.3. The number of aromatic nitrogens is 1. The van der Waals surface area contributed by atoms with Gasteiger partial charge >= 0.3 is 12.1 Å². The van der Waals surface area contributed by atoms with E-state index in [2.05, 4.69) is 6.58 Å². The SMILES string of the molecule is C=CC(OS(C)(=O)=O)C(C(=O)OC)C1c2c(c3ccccc3n2S(=O)(=O)c2ccccc2)CCN1C(=O)OC(C)(C)C. The van der Waals surface area contributed by atoms with E-state index in [1.54, 1.807) is 63.2 Å². The number of carbonyl (C=O) groups excluding carboxylic acids is 2. The van der Waals surface area contributed by atoms with E-state index < -0.39 is 55.9 Å². The molecule has 1 aliphatic rings. The van der Waals surface area contributed by atoms with Crippen molar-refractivity contribution in [3.05, 3.63) is 78.5 Å². The minimum absolute atomic E-state index is 0.0241. The lowest BCUT2D eigenvalue weighted by Crippen LogP contribution is -2.51. The molecular weight excluding hydrogens is 584 g/mol. The summed E-state index contributed by atoms with van der Waals surface area (Å²) >= 11 is 0. The lowest BCUT2D eigenvalue weighted by atomic mass is 9.85. The second-order valence-electron chi connectivity index (χ2n) is 10.9. The van der Waals surface area contributed by atoms with E-state index in [0.29, 0.717) is 16.5 Å². The van der Waals surface area contributed by atoms with Crippen molar-refractivity contribution in [2.24, 2.45) is 5.92 Å². The quantitative estimate of drug-likeness (QED) is 0.208. The van der Waals surface area contributed by atoms with Gasteiger partial charge in [0.2, 0.25) is 0 Å². The number of ether oxygens (including phenoxy) is 2. The molecule has 2 aromatic carbocycles. The Morgan fingerprint density at radius 2 is 1.64 bits per heavy atom. The summed E-state index contributed by atoms with van der Waals surface area (Å²) in [6.07, 6.45) is -0.208. The molecule has 0 aliphatic carbocycles. The number of benzene rings is 2. The summed E-state index contributed by atoms with van der Waals surface area (Å²) in [7, 11) is -7.36. The first-order valence-corrected chi connectivity index (χ1v) is 16.4. The van der Waals surface area contributed by atoms with Crippen molar-refractivity contribution in [1.82, 2.24) is 8.87 Å². The summed E-state index contributed by atoms with van der Waals surface area (Å²) in [5.41, 5.74) is 0.0553. The standard InChI is InChI=1S/C29H34N2O9S2/c1-7-23(40-41(6,34)35)24(27(32)38-5)26-25-21(17-18-30(26)28(33)39-29(2,3)4)20-15-11-12-16-22(20)31(25)42(36,37)19-13-9-8-10-14-19/h7-16,23-24,26H,1,17-18H2,2-6H3. The Kier molecular flexibility index (Phi) is 8.59. The maximum atomic E-state index is 14.3. The van der Waals surface area contributed by atoms with E-state index in [1.165, 1.54) is 17.0 Å². The van der Waals surface area contributed by atoms with Crippen LogP contribution >= 0.6 is 0 Å². The number of methoxy groups -OCH3 is 1. The Morgan fingerprint density at radius 1 is 1.02 bits per heavy atom. The summed E-state index contributed by atoms with van der Waals surface area (Å²) in [6.45, 7) is 8.71. The van der Waals surface area contributed by atoms with E-state index in [0.717, 1.165) is 23.4 Å². The summed E-state index contributed by atoms with van der Waals surface area (Å²) in [6, 6.07) is 13.2. The van der Waals surface area contributed by atoms with E-state index >= 15 is 0 Å². The van der Waals surface area contributed by atoms with Gasteiger partial charge in [-0.25, -0.2) is 17.2 Å². The van der Waals surface area contributed by atoms with E-state index in [4.69, 9.17) is 13.7 Å². The van der Waals surface area contributed by atoms with Crippen molar-refractivity contribution in [2.45, 2.75) is 49.8 Å². The zero-order chi connectivity index (χ0) is 31.0. The lowest BCUT2D eigenvalue weighted by Gasteiger charge is -2.41. The smallest absolute Gasteiger partial charge is 0.410 e. The van der Waals surface area contributed by atoms with Gasteiger partial charge in [0.05, 0.1) is 35.5 Å². The molecule has 1 aromatic heterocycles. The fourth-order valence-corrected chi connectivity index (χ4v) is 7.46. The van der Waals surface area contributed by atoms with E-state index in [9.17, 15) is 26.4 Å². The van der Waals surface area contributed by atoms with Gasteiger partial charge < -0.3 is 9.47 Å². The lowest BCUT2D eigenvalue weighted by molar-refractivity contribution is -0.151. The number of amides is 1. The predicted molar refractivity (Wildman–Crippen MR) is 156 cm³/mol. The fourth-order valence-electron chi connectivity index (χ4n) is 5.25. The number of hydrogen-bond acceptors (Lipinski definition) is 9. The molecule has 2 heterocycles. The summed E-state index contributed by atoms with van der Waals surface area (Å²) in [5, 5.41) is 0.601. The number of carbonyl (C=O) groups is 2. The molecule has 1 amide bonds. The molecule has 0 saturated heterocycles. The summed E-state index contributed by atoms with van der Waals surface area (Å²) in [5.74, 6) is -2.49. The monoisotopic (exact) mass is 618 g/mol. The molecule has 0 fully saturated rings. The normalized spacial score (nSPS) is 17.3. The van der Waals surface area contributed by atoms with Crippen LogP contribution in [0.3, 0.4) is 0 Å². The summed E-state index contributed by atoms with van der Waals surface area (Å²) in [4.78, 5) is 28.4. The number of esters is 1. The maximum Gasteiger partial charge on any atom is 0.410 e. The van der Waals surface area contributed by atoms with Crippen LogP contribution in [0.1, 0.15) is 38.1 Å². The number of hydrogen-bond donors (Lipinski definition) is 0. The average molecular weight is 619 g/mol. The van der Waals surface area contributed by atoms with Crippen molar-refractivity contribution < 1.29 is 40.1 Å². The highest BCUT2D eigenvalue weighted by Crippen LogP contribution is 2.45. The molecule has 3 unspecified atom stereocenters. The van der Waals surface area contributed by atoms with Crippen LogP contribution in [0, 0.1) is 5.92 Å². The van der Waals surface area contributed by atoms with Gasteiger partial charge in [-0.1, -0.05) is 42.5 Å². The Labute approximate surface area is 245 Å². The molecule has 3 aromatic rings. The third-order valence-corrected chi connectivity index (χ3v) is 9.10. The van der Waals surface area contributed by atoms with Crippen molar-refractivity contribution in [3.8, 4) is 0 Å². The zero-order valence-corrected chi connectivity index (χ0v) is 25.6. The molecule has 0 radical (unpaired) electrons. The highest BCUT2D eigenvalue weighted by molar-refractivity contribution is 7.90. The van der Waals surface area contributed by atoms with Gasteiger partial charge in [-0.05, 0) is 51.0 Å². The molecule has 0 spiro atoms. The van der Waals surface area contributed by atoms with Gasteiger partial charge in [0.1, 0.15) is 17.6 Å². The van der Waals surface area contributed by atoms with Gasteiger partial charge in [0.25, 0.3) is 20.1 Å². The Bertz CT molecular complexity index is 1720. The average Bonchev–Trinajstić information content (AvgIpc) is 3.26. The number of para-hydroxylation sites is 1. The largest absolute Gasteiger partial charge is 0.469 e. The Hall–Kier alpha value is -3.68. The molecule has 13 heteroatoms. The Balaban J connectivity index is 2.12. The van der Waals surface area contributed by atoms with Gasteiger partial charge in [-0.2, -0.15) is 8.42 Å². The van der Waals surface area contributed by atoms with Crippen LogP contribution in [0.5, 0.6) is 0 Å². The first-order valence-electron chi connectivity index (χ1n) is 13.1. The van der Waals surface area contributed by atoms with Crippen LogP contribution < -0.4 is 0 Å². The Morgan fingerprint density at radius 3 is 2.21 bits per heavy atom. The fraction of sp³-hybridized carbons (Fsp3) is 0.379. The molecule has 1 aliphatic heterocycles. The molecule has 0 bridgehead atoms. The third-order valence-electron chi connectivity index (χ3n) is 6.79. The first-order chi connectivity index (χ1) is 19.6. The van der Waals surface area contributed by atoms with Crippen LogP contribution in [0.4, 0.5) is 4.79 Å². The zero-order valence-electron chi connectivity index (χ0n) is 24.0. The van der Waals surface area contributed by atoms with Gasteiger partial charge in [-0.3, -0.25) is 13.9 Å². The van der Waals surface area contributed by atoms with Crippen LogP contribution in [0.15, 0.2) is 72.1 Å². The molecule has 42 heavy (non-hydrogen) atoms. The topological polar surface area (TPSA) is 138 Å². The van der Waals surface area contributed by atoms with Crippen LogP contribution in [-0.2, 0) is 45.0 Å². The molecule has 3 atom stereocenters. The predicted octanol–water partition coefficient (Wildman–Crippen LogP) is 4.03. The first kappa shape index (κ1) is 31.3. The van der Waals surface area contributed by atoms with Gasteiger partial charge in [-0.15, -0.1) is 6.58 Å².